The first-order chi connectivity index (χ1) is 8.58. The summed E-state index contributed by atoms with van der Waals surface area (Å²) in [5, 5.41) is 10.8. The third-order valence-corrected chi connectivity index (χ3v) is 3.56. The van der Waals surface area contributed by atoms with E-state index in [1.165, 1.54) is 24.3 Å². The van der Waals surface area contributed by atoms with Crippen molar-refractivity contribution in [2.24, 2.45) is 0 Å². The highest BCUT2D eigenvalue weighted by Crippen LogP contribution is 2.34. The molecule has 1 fully saturated rings. The van der Waals surface area contributed by atoms with E-state index in [0.29, 0.717) is 23.8 Å². The lowest BCUT2D eigenvalue weighted by molar-refractivity contribution is 0.0328. The number of aliphatic hydroxyl groups is 1. The van der Waals surface area contributed by atoms with Gasteiger partial charge in [0, 0.05) is 5.39 Å². The summed E-state index contributed by atoms with van der Waals surface area (Å²) < 4.78 is 18.4. The predicted molar refractivity (Wildman–Crippen MR) is 63.9 cm³/mol. The van der Waals surface area contributed by atoms with Gasteiger partial charge in [0.1, 0.15) is 17.0 Å². The Morgan fingerprint density at radius 1 is 1.28 bits per heavy atom. The molecule has 2 aromatic rings. The minimum Gasteiger partial charge on any atom is -0.453 e. The van der Waals surface area contributed by atoms with Gasteiger partial charge in [-0.3, -0.25) is 4.79 Å². The molecule has 0 aliphatic heterocycles. The zero-order valence-electron chi connectivity index (χ0n) is 9.78. The Balaban J connectivity index is 2.01. The van der Waals surface area contributed by atoms with Crippen LogP contribution in [-0.2, 0) is 0 Å². The summed E-state index contributed by atoms with van der Waals surface area (Å²) in [6, 6.07) is 5.58. The Morgan fingerprint density at radius 3 is 2.72 bits per heavy atom. The number of rotatable bonds is 2. The Labute approximate surface area is 103 Å². The van der Waals surface area contributed by atoms with Gasteiger partial charge in [-0.25, -0.2) is 4.39 Å². The van der Waals surface area contributed by atoms with Gasteiger partial charge in [-0.1, -0.05) is 0 Å². The number of carbonyl (C=O) groups excluding carboxylic acids is 1. The highest BCUT2D eigenvalue weighted by molar-refractivity contribution is 6.03. The molecule has 1 N–H and O–H groups in total. The molecule has 94 valence electrons. The van der Waals surface area contributed by atoms with Gasteiger partial charge in [-0.15, -0.1) is 0 Å². The SMILES string of the molecule is O=C(c1cc2cc(F)ccc2o1)C1(O)CCCC1. The molecule has 0 atom stereocenters. The van der Waals surface area contributed by atoms with E-state index in [9.17, 15) is 14.3 Å². The van der Waals surface area contributed by atoms with Crippen LogP contribution in [0.15, 0.2) is 28.7 Å². The van der Waals surface area contributed by atoms with Crippen molar-refractivity contribution in [3.8, 4) is 0 Å². The molecule has 0 spiro atoms. The smallest absolute Gasteiger partial charge is 0.229 e. The maximum Gasteiger partial charge on any atom is 0.229 e. The van der Waals surface area contributed by atoms with Crippen LogP contribution < -0.4 is 0 Å². The van der Waals surface area contributed by atoms with E-state index in [1.54, 1.807) is 0 Å². The van der Waals surface area contributed by atoms with E-state index in [1.807, 2.05) is 0 Å². The zero-order chi connectivity index (χ0) is 12.8. The van der Waals surface area contributed by atoms with E-state index < -0.39 is 11.4 Å². The maximum atomic E-state index is 13.0. The van der Waals surface area contributed by atoms with E-state index in [0.717, 1.165) is 12.8 Å². The van der Waals surface area contributed by atoms with Crippen LogP contribution in [0.25, 0.3) is 11.0 Å². The zero-order valence-corrected chi connectivity index (χ0v) is 9.78. The molecule has 4 heteroatoms. The van der Waals surface area contributed by atoms with Crippen molar-refractivity contribution in [2.45, 2.75) is 31.3 Å². The number of carbonyl (C=O) groups is 1. The standard InChI is InChI=1S/C14H13FO3/c15-10-3-4-11-9(7-10)8-12(18-11)13(16)14(17)5-1-2-6-14/h3-4,7-8,17H,1-2,5-6H2. The van der Waals surface area contributed by atoms with Gasteiger partial charge < -0.3 is 9.52 Å². The first-order valence-corrected chi connectivity index (χ1v) is 6.05. The van der Waals surface area contributed by atoms with Crippen molar-refractivity contribution in [2.75, 3.05) is 0 Å². The van der Waals surface area contributed by atoms with Crippen LogP contribution in [0.1, 0.15) is 36.2 Å². The van der Waals surface area contributed by atoms with Crippen LogP contribution in [0.4, 0.5) is 4.39 Å². The van der Waals surface area contributed by atoms with Crippen molar-refractivity contribution in [3.05, 3.63) is 35.8 Å². The molecule has 1 aromatic carbocycles. The number of Topliss-reactive ketones (excluding diaryl/α,β-unsaturated/α-hetero) is 1. The molecule has 0 unspecified atom stereocenters. The van der Waals surface area contributed by atoms with Crippen LogP contribution in [-0.4, -0.2) is 16.5 Å². The number of furan rings is 1. The predicted octanol–water partition coefficient (Wildman–Crippen LogP) is 3.06. The highest BCUT2D eigenvalue weighted by atomic mass is 19.1. The molecule has 1 heterocycles. The second-order valence-electron chi connectivity index (χ2n) is 4.86. The van der Waals surface area contributed by atoms with Crippen LogP contribution in [0.2, 0.25) is 0 Å². The Bertz CT molecular complexity index is 609. The minimum absolute atomic E-state index is 0.111. The molecule has 1 aromatic heterocycles. The Kier molecular flexibility index (Phi) is 2.48. The van der Waals surface area contributed by atoms with E-state index >= 15 is 0 Å². The van der Waals surface area contributed by atoms with Gasteiger partial charge in [0.25, 0.3) is 0 Å². The monoisotopic (exact) mass is 248 g/mol. The molecule has 0 saturated heterocycles. The van der Waals surface area contributed by atoms with Gasteiger partial charge in [-0.2, -0.15) is 0 Å². The van der Waals surface area contributed by atoms with Crippen molar-refractivity contribution in [3.63, 3.8) is 0 Å². The minimum atomic E-state index is -1.30. The van der Waals surface area contributed by atoms with Crippen LogP contribution in [0.3, 0.4) is 0 Å². The van der Waals surface area contributed by atoms with Crippen molar-refractivity contribution in [1.82, 2.24) is 0 Å². The highest BCUT2D eigenvalue weighted by Gasteiger charge is 2.40. The average Bonchev–Trinajstić information content (AvgIpc) is 2.94. The summed E-state index contributed by atoms with van der Waals surface area (Å²) in [4.78, 5) is 12.2. The number of hydrogen-bond acceptors (Lipinski definition) is 3. The molecule has 0 bridgehead atoms. The lowest BCUT2D eigenvalue weighted by atomic mass is 9.95. The van der Waals surface area contributed by atoms with Crippen molar-refractivity contribution < 1.29 is 18.7 Å². The molecular formula is C14H13FO3. The molecule has 0 amide bonds. The lowest BCUT2D eigenvalue weighted by Crippen LogP contribution is -2.34. The number of halogens is 1. The van der Waals surface area contributed by atoms with Crippen LogP contribution in [0, 0.1) is 5.82 Å². The second-order valence-corrected chi connectivity index (χ2v) is 4.86. The molecule has 1 aliphatic carbocycles. The van der Waals surface area contributed by atoms with E-state index in [2.05, 4.69) is 0 Å². The van der Waals surface area contributed by atoms with E-state index in [4.69, 9.17) is 4.42 Å². The topological polar surface area (TPSA) is 50.4 Å². The largest absolute Gasteiger partial charge is 0.453 e. The number of benzene rings is 1. The molecule has 3 nitrogen and oxygen atoms in total. The molecule has 1 aliphatic rings. The van der Waals surface area contributed by atoms with E-state index in [-0.39, 0.29) is 11.6 Å². The van der Waals surface area contributed by atoms with Gasteiger partial charge >= 0.3 is 0 Å². The summed E-state index contributed by atoms with van der Waals surface area (Å²) in [5.41, 5.74) is -0.840. The van der Waals surface area contributed by atoms with Crippen molar-refractivity contribution >= 4 is 16.8 Å². The van der Waals surface area contributed by atoms with Crippen LogP contribution in [0.5, 0.6) is 0 Å². The second kappa shape index (κ2) is 3.92. The number of hydrogen-bond donors (Lipinski definition) is 1. The fourth-order valence-electron chi connectivity index (χ4n) is 2.54. The summed E-state index contributed by atoms with van der Waals surface area (Å²) in [5.74, 6) is -0.654. The quantitative estimate of drug-likeness (QED) is 0.831. The number of fused-ring (bicyclic) bond motifs is 1. The molecule has 3 rings (SSSR count). The van der Waals surface area contributed by atoms with Gasteiger partial charge in [0.05, 0.1) is 0 Å². The van der Waals surface area contributed by atoms with Gasteiger partial charge in [0.2, 0.25) is 5.78 Å². The van der Waals surface area contributed by atoms with Gasteiger partial charge in [0.15, 0.2) is 5.76 Å². The summed E-state index contributed by atoms with van der Waals surface area (Å²) in [6.45, 7) is 0. The lowest BCUT2D eigenvalue weighted by Gasteiger charge is -2.18. The average molecular weight is 248 g/mol. The fourth-order valence-corrected chi connectivity index (χ4v) is 2.54. The van der Waals surface area contributed by atoms with Crippen molar-refractivity contribution in [1.29, 1.82) is 0 Å². The van der Waals surface area contributed by atoms with Crippen LogP contribution >= 0.6 is 0 Å². The molecular weight excluding hydrogens is 235 g/mol. The van der Waals surface area contributed by atoms with Gasteiger partial charge in [-0.05, 0) is 49.9 Å². The first kappa shape index (κ1) is 11.4. The third-order valence-electron chi connectivity index (χ3n) is 3.56. The fraction of sp³-hybridized carbons (Fsp3) is 0.357. The summed E-state index contributed by atoms with van der Waals surface area (Å²) in [6.07, 6.45) is 2.63. The normalized spacial score (nSPS) is 18.3. The summed E-state index contributed by atoms with van der Waals surface area (Å²) in [7, 11) is 0. The Morgan fingerprint density at radius 2 is 2.00 bits per heavy atom. The molecule has 18 heavy (non-hydrogen) atoms. The third kappa shape index (κ3) is 1.73. The molecule has 1 saturated carbocycles. The maximum absolute atomic E-state index is 13.0. The molecule has 0 radical (unpaired) electrons. The first-order valence-electron chi connectivity index (χ1n) is 6.05. The Hall–Kier alpha value is -1.68. The number of ketones is 1. The summed E-state index contributed by atoms with van der Waals surface area (Å²) >= 11 is 0.